The maximum Gasteiger partial charge on any atom is 0.0998 e. The van der Waals surface area contributed by atoms with Crippen LogP contribution in [-0.4, -0.2) is 37.9 Å². The van der Waals surface area contributed by atoms with Gasteiger partial charge >= 0.3 is 0 Å². The van der Waals surface area contributed by atoms with Crippen LogP contribution in [-0.2, 0) is 4.89 Å². The lowest BCUT2D eigenvalue weighted by Gasteiger charge is -1.90. The van der Waals surface area contributed by atoms with Crippen LogP contribution < -0.4 is 0 Å². The van der Waals surface area contributed by atoms with Gasteiger partial charge in [-0.15, -0.1) is 6.58 Å². The summed E-state index contributed by atoms with van der Waals surface area (Å²) in [6.45, 7) is 3.47. The highest BCUT2D eigenvalue weighted by molar-refractivity contribution is 4.61. The lowest BCUT2D eigenvalue weighted by molar-refractivity contribution is -0.231. The van der Waals surface area contributed by atoms with Crippen LogP contribution in [0.15, 0.2) is 12.7 Å². The van der Waals surface area contributed by atoms with E-state index in [1.807, 2.05) is 26.0 Å². The topological polar surface area (TPSA) is 32.7 Å². The molecule has 0 aromatic heterocycles. The zero-order chi connectivity index (χ0) is 7.70. The van der Waals surface area contributed by atoms with Gasteiger partial charge in [0.1, 0.15) is 0 Å². The van der Waals surface area contributed by atoms with Gasteiger partial charge in [-0.25, -0.2) is 4.89 Å². The van der Waals surface area contributed by atoms with Crippen molar-refractivity contribution in [2.75, 3.05) is 27.7 Å². The van der Waals surface area contributed by atoms with E-state index in [1.54, 1.807) is 0 Å². The molecule has 0 aliphatic rings. The zero-order valence-corrected chi connectivity index (χ0v) is 6.29. The van der Waals surface area contributed by atoms with Crippen LogP contribution in [0.5, 0.6) is 0 Å². The van der Waals surface area contributed by atoms with E-state index in [-0.39, 0.29) is 6.61 Å². The Morgan fingerprint density at radius 2 is 1.89 bits per heavy atom. The Bertz CT molecular complexity index is 52.3. The average molecular weight is 133 g/mol. The Labute approximate surface area is 56.5 Å². The molecule has 0 amide bonds. The van der Waals surface area contributed by atoms with Gasteiger partial charge in [0.2, 0.25) is 0 Å². The third-order valence-corrected chi connectivity index (χ3v) is 0.192. The van der Waals surface area contributed by atoms with Crippen molar-refractivity contribution in [3.63, 3.8) is 0 Å². The summed E-state index contributed by atoms with van der Waals surface area (Å²) in [6, 6.07) is 0. The molecule has 0 spiro atoms. The summed E-state index contributed by atoms with van der Waals surface area (Å²) in [5, 5.41) is 7.50. The Balaban J connectivity index is 0. The first-order chi connectivity index (χ1) is 4.15. The molecule has 0 fully saturated rings. The second-order valence-electron chi connectivity index (χ2n) is 1.93. The van der Waals surface area contributed by atoms with Gasteiger partial charge in [-0.05, 0) is 21.1 Å². The molecule has 9 heavy (non-hydrogen) atoms. The summed E-state index contributed by atoms with van der Waals surface area (Å²) >= 11 is 0. The SMILES string of the molecule is C=CCOO.CN(C)C. The first kappa shape index (κ1) is 11.4. The Hall–Kier alpha value is -0.380. The molecule has 56 valence electrons. The second-order valence-corrected chi connectivity index (χ2v) is 1.93. The summed E-state index contributed by atoms with van der Waals surface area (Å²) in [7, 11) is 6.00. The molecule has 0 saturated carbocycles. The zero-order valence-electron chi connectivity index (χ0n) is 6.29. The predicted octanol–water partition coefficient (Wildman–Crippen LogP) is 0.840. The second kappa shape index (κ2) is 10.6. The molecule has 1 N–H and O–H groups in total. The van der Waals surface area contributed by atoms with Crippen molar-refractivity contribution in [2.24, 2.45) is 0 Å². The Morgan fingerprint density at radius 1 is 1.56 bits per heavy atom. The van der Waals surface area contributed by atoms with Crippen molar-refractivity contribution in [1.29, 1.82) is 0 Å². The van der Waals surface area contributed by atoms with E-state index in [0.29, 0.717) is 0 Å². The van der Waals surface area contributed by atoms with E-state index in [1.165, 1.54) is 6.08 Å². The summed E-state index contributed by atoms with van der Waals surface area (Å²) in [6.07, 6.45) is 1.46. The fourth-order valence-electron chi connectivity index (χ4n) is 0.0527. The van der Waals surface area contributed by atoms with Gasteiger partial charge in [0.05, 0.1) is 6.61 Å². The number of nitrogens with zero attached hydrogens (tertiary/aromatic N) is 1. The molecule has 3 nitrogen and oxygen atoms in total. The minimum absolute atomic E-state index is 0.208. The predicted molar refractivity (Wildman–Crippen MR) is 38.4 cm³/mol. The summed E-state index contributed by atoms with van der Waals surface area (Å²) in [4.78, 5) is 5.57. The monoisotopic (exact) mass is 133 g/mol. The molecular weight excluding hydrogens is 118 g/mol. The highest BCUT2D eigenvalue weighted by Gasteiger charge is 1.60. The summed E-state index contributed by atoms with van der Waals surface area (Å²) in [5.74, 6) is 0. The van der Waals surface area contributed by atoms with Gasteiger partial charge in [-0.1, -0.05) is 6.08 Å². The highest BCUT2D eigenvalue weighted by atomic mass is 17.1. The van der Waals surface area contributed by atoms with Gasteiger partial charge < -0.3 is 4.90 Å². The molecule has 0 saturated heterocycles. The normalized spacial score (nSPS) is 8.11. The number of hydrogen-bond acceptors (Lipinski definition) is 3. The maximum absolute atomic E-state index is 7.50. The lowest BCUT2D eigenvalue weighted by Crippen LogP contribution is -1.99. The van der Waals surface area contributed by atoms with Crippen molar-refractivity contribution in [1.82, 2.24) is 4.90 Å². The van der Waals surface area contributed by atoms with Crippen LogP contribution >= 0.6 is 0 Å². The molecule has 0 aliphatic carbocycles. The van der Waals surface area contributed by atoms with Gasteiger partial charge in [-0.3, -0.25) is 5.26 Å². The van der Waals surface area contributed by atoms with Crippen molar-refractivity contribution >= 4 is 0 Å². The fourth-order valence-corrected chi connectivity index (χ4v) is 0.0527. The van der Waals surface area contributed by atoms with E-state index in [0.717, 1.165) is 0 Å². The molecule has 0 aromatic rings. The average Bonchev–Trinajstić information content (AvgIpc) is 1.66. The molecule has 0 bridgehead atoms. The molecular formula is C6H15NO2. The van der Waals surface area contributed by atoms with Gasteiger partial charge in [0.15, 0.2) is 0 Å². The van der Waals surface area contributed by atoms with E-state index in [9.17, 15) is 0 Å². The molecule has 0 aliphatic heterocycles. The van der Waals surface area contributed by atoms with Gasteiger partial charge in [0, 0.05) is 0 Å². The third kappa shape index (κ3) is 91.7. The minimum Gasteiger partial charge on any atom is -0.312 e. The maximum atomic E-state index is 7.50. The molecule has 0 atom stereocenters. The molecule has 3 heteroatoms. The number of rotatable bonds is 2. The Kier molecular flexibility index (Phi) is 13.4. The van der Waals surface area contributed by atoms with Crippen LogP contribution in [0.3, 0.4) is 0 Å². The molecule has 0 rings (SSSR count). The van der Waals surface area contributed by atoms with E-state index in [2.05, 4.69) is 11.5 Å². The molecule has 0 unspecified atom stereocenters. The van der Waals surface area contributed by atoms with Crippen molar-refractivity contribution in [2.45, 2.75) is 0 Å². The van der Waals surface area contributed by atoms with Crippen molar-refractivity contribution in [3.05, 3.63) is 12.7 Å². The van der Waals surface area contributed by atoms with E-state index < -0.39 is 0 Å². The Morgan fingerprint density at radius 3 is 1.89 bits per heavy atom. The first-order valence-electron chi connectivity index (χ1n) is 2.63. The van der Waals surface area contributed by atoms with E-state index in [4.69, 9.17) is 5.26 Å². The molecule has 0 radical (unpaired) electrons. The van der Waals surface area contributed by atoms with Crippen LogP contribution in [0, 0.1) is 0 Å². The fraction of sp³-hybridized carbons (Fsp3) is 0.667. The third-order valence-electron chi connectivity index (χ3n) is 0.192. The van der Waals surface area contributed by atoms with Crippen LogP contribution in [0.2, 0.25) is 0 Å². The van der Waals surface area contributed by atoms with E-state index >= 15 is 0 Å². The van der Waals surface area contributed by atoms with Gasteiger partial charge in [0.25, 0.3) is 0 Å². The minimum atomic E-state index is 0.208. The largest absolute Gasteiger partial charge is 0.312 e. The van der Waals surface area contributed by atoms with Crippen LogP contribution in [0.1, 0.15) is 0 Å². The first-order valence-corrected chi connectivity index (χ1v) is 2.63. The molecule has 0 aromatic carbocycles. The number of hydrogen-bond donors (Lipinski definition) is 1. The van der Waals surface area contributed by atoms with Crippen LogP contribution in [0.4, 0.5) is 0 Å². The van der Waals surface area contributed by atoms with Crippen molar-refractivity contribution < 1.29 is 10.1 Å². The summed E-state index contributed by atoms with van der Waals surface area (Å²) in [5.41, 5.74) is 0. The molecule has 0 heterocycles. The highest BCUT2D eigenvalue weighted by Crippen LogP contribution is 1.60. The van der Waals surface area contributed by atoms with Crippen LogP contribution in [0.25, 0.3) is 0 Å². The quantitative estimate of drug-likeness (QED) is 0.344. The smallest absolute Gasteiger partial charge is 0.0998 e. The summed E-state index contributed by atoms with van der Waals surface area (Å²) < 4.78 is 0. The van der Waals surface area contributed by atoms with Crippen molar-refractivity contribution in [3.8, 4) is 0 Å². The lowest BCUT2D eigenvalue weighted by atomic mass is 10.7. The standard InChI is InChI=1S/C3H9N.C3H6O2/c1-4(2)3;1-2-3-5-4/h1-3H3;2,4H,1,3H2. The van der Waals surface area contributed by atoms with Gasteiger partial charge in [-0.2, -0.15) is 0 Å².